The Morgan fingerprint density at radius 2 is 1.73 bits per heavy atom. The summed E-state index contributed by atoms with van der Waals surface area (Å²) in [5.41, 5.74) is -1.85. The molecule has 0 bridgehead atoms. The van der Waals surface area contributed by atoms with Gasteiger partial charge < -0.3 is 34.2 Å². The zero-order valence-corrected chi connectivity index (χ0v) is 16.4. The van der Waals surface area contributed by atoms with Crippen molar-refractivity contribution in [1.82, 2.24) is 9.55 Å². The van der Waals surface area contributed by atoms with Gasteiger partial charge in [0, 0.05) is 18.7 Å². The molecule has 0 spiro atoms. The SMILES string of the molecule is O=C(O)[C@@H]1C[C@@H](OP(=O)(O)O)[C@H]2O[C@@H](n3ccc(=O)[nH]c3=O)[C@H](OP(=O)(O)O)[C@@H]2O1. The van der Waals surface area contributed by atoms with Gasteiger partial charge in [-0.1, -0.05) is 0 Å². The molecule has 0 aromatic carbocycles. The molecule has 2 aliphatic rings. The second-order valence-corrected chi connectivity index (χ2v) is 8.75. The van der Waals surface area contributed by atoms with E-state index in [0.717, 1.165) is 12.3 Å². The monoisotopic (exact) mass is 474 g/mol. The molecule has 168 valence electrons. The number of carbonyl (C=O) groups is 1. The number of carboxylic acid groups (broad SMARTS) is 1. The van der Waals surface area contributed by atoms with Crippen LogP contribution in [0.4, 0.5) is 0 Å². The van der Waals surface area contributed by atoms with Crippen molar-refractivity contribution in [1.29, 1.82) is 0 Å². The van der Waals surface area contributed by atoms with Crippen molar-refractivity contribution in [3.8, 4) is 0 Å². The molecule has 1 aromatic rings. The lowest BCUT2D eigenvalue weighted by Gasteiger charge is -2.36. The molecule has 6 atom stereocenters. The van der Waals surface area contributed by atoms with Gasteiger partial charge in [0.2, 0.25) is 0 Å². The van der Waals surface area contributed by atoms with Crippen molar-refractivity contribution < 1.29 is 57.1 Å². The molecule has 6 N–H and O–H groups in total. The summed E-state index contributed by atoms with van der Waals surface area (Å²) >= 11 is 0. The molecule has 0 amide bonds. The fourth-order valence-electron chi connectivity index (χ4n) is 3.27. The van der Waals surface area contributed by atoms with E-state index in [1.165, 1.54) is 0 Å². The number of fused-ring (bicyclic) bond motifs is 1. The van der Waals surface area contributed by atoms with E-state index in [2.05, 4.69) is 9.05 Å². The van der Waals surface area contributed by atoms with Gasteiger partial charge in [0.15, 0.2) is 12.3 Å². The highest BCUT2D eigenvalue weighted by Crippen LogP contribution is 2.50. The molecule has 1 aromatic heterocycles. The Bertz CT molecular complexity index is 1020. The Morgan fingerprint density at radius 1 is 1.10 bits per heavy atom. The number of aromatic amines is 1. The van der Waals surface area contributed by atoms with E-state index < -0.39 is 76.0 Å². The zero-order chi connectivity index (χ0) is 22.4. The predicted octanol–water partition coefficient (Wildman–Crippen LogP) is -2.37. The molecule has 2 saturated heterocycles. The van der Waals surface area contributed by atoms with Gasteiger partial charge in [0.05, 0.1) is 0 Å². The summed E-state index contributed by atoms with van der Waals surface area (Å²) in [6, 6.07) is 0.895. The average Bonchev–Trinajstić information content (AvgIpc) is 2.90. The number of phosphoric ester groups is 2. The molecule has 30 heavy (non-hydrogen) atoms. The summed E-state index contributed by atoms with van der Waals surface area (Å²) in [6.07, 6.45) is -9.56. The zero-order valence-electron chi connectivity index (χ0n) is 14.6. The van der Waals surface area contributed by atoms with Crippen molar-refractivity contribution in [2.45, 2.75) is 43.2 Å². The molecule has 0 saturated carbocycles. The maximum Gasteiger partial charge on any atom is 0.470 e. The fraction of sp³-hybridized carbons (Fsp3) is 0.583. The van der Waals surface area contributed by atoms with Gasteiger partial charge in [-0.05, 0) is 0 Å². The molecule has 0 radical (unpaired) electrons. The van der Waals surface area contributed by atoms with Gasteiger partial charge in [-0.3, -0.25) is 23.4 Å². The number of nitrogens with one attached hydrogen (secondary N) is 1. The topological polar surface area (TPSA) is 244 Å². The standard InChI is InChI=1S/C12H16N2O14P2/c15-6-1-2-14(12(18)13-6)10-9(28-30(22,23)24)8-7(26-10)4(27-29(19,20)21)3-5(25-8)11(16)17/h1-2,4-5,7-10H,3H2,(H,16,17)(H,13,15,18)(H2,19,20,21)(H2,22,23,24)/t4-,5+,7-,8-,9-,10-/m1/s1. The minimum absolute atomic E-state index is 0.586. The lowest BCUT2D eigenvalue weighted by Crippen LogP contribution is -2.52. The van der Waals surface area contributed by atoms with E-state index in [1.807, 2.05) is 4.98 Å². The minimum Gasteiger partial charge on any atom is -0.479 e. The number of phosphoric acid groups is 2. The molecule has 2 fully saturated rings. The minimum atomic E-state index is -5.25. The molecule has 0 unspecified atom stereocenters. The van der Waals surface area contributed by atoms with E-state index in [9.17, 15) is 38.4 Å². The molecular weight excluding hydrogens is 458 g/mol. The van der Waals surface area contributed by atoms with Gasteiger partial charge in [-0.25, -0.2) is 18.7 Å². The molecule has 18 heteroatoms. The van der Waals surface area contributed by atoms with Crippen LogP contribution in [0.5, 0.6) is 0 Å². The third kappa shape index (κ3) is 5.12. The van der Waals surface area contributed by atoms with Crippen LogP contribution < -0.4 is 11.2 Å². The Balaban J connectivity index is 2.06. The van der Waals surface area contributed by atoms with E-state index in [4.69, 9.17) is 19.3 Å². The summed E-state index contributed by atoms with van der Waals surface area (Å²) in [4.78, 5) is 73.4. The first-order chi connectivity index (χ1) is 13.7. The number of ether oxygens (including phenoxy) is 2. The first-order valence-electron chi connectivity index (χ1n) is 8.08. The number of carboxylic acids is 1. The second kappa shape index (κ2) is 8.09. The quantitative estimate of drug-likeness (QED) is 0.236. The third-order valence-electron chi connectivity index (χ3n) is 4.29. The van der Waals surface area contributed by atoms with Crippen LogP contribution in [0.2, 0.25) is 0 Å². The molecular formula is C12H16N2O14P2. The summed E-state index contributed by atoms with van der Waals surface area (Å²) < 4.78 is 43.4. The first kappa shape index (κ1) is 23.0. The van der Waals surface area contributed by atoms with Crippen molar-refractivity contribution in [2.24, 2.45) is 0 Å². The van der Waals surface area contributed by atoms with Crippen molar-refractivity contribution in [3.63, 3.8) is 0 Å². The fourth-order valence-corrected chi connectivity index (χ4v) is 4.37. The van der Waals surface area contributed by atoms with Gasteiger partial charge in [-0.2, -0.15) is 0 Å². The largest absolute Gasteiger partial charge is 0.479 e. The number of rotatable bonds is 6. The van der Waals surface area contributed by atoms with Crippen LogP contribution in [0.15, 0.2) is 21.9 Å². The highest BCUT2D eigenvalue weighted by atomic mass is 31.2. The summed E-state index contributed by atoms with van der Waals surface area (Å²) in [5.74, 6) is -1.55. The van der Waals surface area contributed by atoms with Crippen LogP contribution in [0.3, 0.4) is 0 Å². The van der Waals surface area contributed by atoms with Gasteiger partial charge in [0.25, 0.3) is 5.56 Å². The number of aromatic nitrogens is 2. The Morgan fingerprint density at radius 3 is 2.27 bits per heavy atom. The number of hydrogen-bond donors (Lipinski definition) is 6. The number of hydrogen-bond acceptors (Lipinski definition) is 9. The Labute approximate surface area is 165 Å². The summed E-state index contributed by atoms with van der Waals surface area (Å²) in [5, 5.41) is 9.25. The van der Waals surface area contributed by atoms with Gasteiger partial charge in [0.1, 0.15) is 24.4 Å². The van der Waals surface area contributed by atoms with Crippen LogP contribution in [0.25, 0.3) is 0 Å². The van der Waals surface area contributed by atoms with Crippen molar-refractivity contribution in [3.05, 3.63) is 33.1 Å². The third-order valence-corrected chi connectivity index (χ3v) is 5.36. The highest BCUT2D eigenvalue weighted by Gasteiger charge is 2.58. The Kier molecular flexibility index (Phi) is 6.19. The number of nitrogens with zero attached hydrogens (tertiary/aromatic N) is 1. The van der Waals surface area contributed by atoms with Crippen molar-refractivity contribution in [2.75, 3.05) is 0 Å². The van der Waals surface area contributed by atoms with Gasteiger partial charge >= 0.3 is 27.3 Å². The smallest absolute Gasteiger partial charge is 0.470 e. The molecule has 16 nitrogen and oxygen atoms in total. The lowest BCUT2D eigenvalue weighted by molar-refractivity contribution is -0.185. The molecule has 3 rings (SSSR count). The van der Waals surface area contributed by atoms with Crippen LogP contribution in [0.1, 0.15) is 12.6 Å². The highest BCUT2D eigenvalue weighted by molar-refractivity contribution is 7.46. The maximum absolute atomic E-state index is 12.1. The molecule has 2 aliphatic heterocycles. The maximum atomic E-state index is 12.1. The first-order valence-corrected chi connectivity index (χ1v) is 11.1. The van der Waals surface area contributed by atoms with E-state index in [0.29, 0.717) is 4.57 Å². The Hall–Kier alpha value is -1.71. The van der Waals surface area contributed by atoms with Crippen LogP contribution in [0, 0.1) is 0 Å². The summed E-state index contributed by atoms with van der Waals surface area (Å²) in [6.45, 7) is 0. The second-order valence-electron chi connectivity index (χ2n) is 6.37. The van der Waals surface area contributed by atoms with E-state index >= 15 is 0 Å². The van der Waals surface area contributed by atoms with Crippen molar-refractivity contribution >= 4 is 21.6 Å². The predicted molar refractivity (Wildman–Crippen MR) is 90.0 cm³/mol. The molecule has 3 heterocycles. The van der Waals surface area contributed by atoms with E-state index in [1.54, 1.807) is 0 Å². The lowest BCUT2D eigenvalue weighted by atomic mass is 9.96. The average molecular weight is 474 g/mol. The van der Waals surface area contributed by atoms with Crippen LogP contribution in [-0.2, 0) is 32.4 Å². The van der Waals surface area contributed by atoms with Crippen LogP contribution >= 0.6 is 15.6 Å². The molecule has 0 aliphatic carbocycles. The number of H-pyrrole nitrogens is 1. The van der Waals surface area contributed by atoms with Gasteiger partial charge in [-0.15, -0.1) is 0 Å². The summed E-state index contributed by atoms with van der Waals surface area (Å²) in [7, 11) is -10.4. The van der Waals surface area contributed by atoms with E-state index in [-0.39, 0.29) is 0 Å². The number of aliphatic carboxylic acids is 1. The normalized spacial score (nSPS) is 32.0. The van der Waals surface area contributed by atoms with Crippen LogP contribution in [-0.4, -0.2) is 70.7 Å².